The van der Waals surface area contributed by atoms with Crippen LogP contribution in [-0.4, -0.2) is 44.1 Å². The number of rotatable bonds is 3. The zero-order valence-corrected chi connectivity index (χ0v) is 12.0. The Hall–Kier alpha value is -1.39. The maximum atomic E-state index is 12.7. The van der Waals surface area contributed by atoms with Crippen LogP contribution in [0.2, 0.25) is 0 Å². The lowest BCUT2D eigenvalue weighted by atomic mass is 9.86. The van der Waals surface area contributed by atoms with Gasteiger partial charge in [-0.05, 0) is 24.9 Å². The van der Waals surface area contributed by atoms with E-state index in [4.69, 9.17) is 4.74 Å². The standard InChI is InChI=1S/C16H22N2O2/c1-20-14(13-5-3-2-4-6-13)15(19)18-10-8-16(12-18)7-9-17-11-16/h2-6,14,17H,7-12H2,1H3. The van der Waals surface area contributed by atoms with E-state index in [0.717, 1.165) is 38.2 Å². The number of nitrogens with one attached hydrogen (secondary N) is 1. The summed E-state index contributed by atoms with van der Waals surface area (Å²) in [5.41, 5.74) is 1.25. The van der Waals surface area contributed by atoms with Crippen LogP contribution in [0.1, 0.15) is 24.5 Å². The molecule has 2 fully saturated rings. The zero-order valence-electron chi connectivity index (χ0n) is 12.0. The molecule has 108 valence electrons. The summed E-state index contributed by atoms with van der Waals surface area (Å²) in [4.78, 5) is 14.7. The van der Waals surface area contributed by atoms with Crippen LogP contribution in [0.25, 0.3) is 0 Å². The summed E-state index contributed by atoms with van der Waals surface area (Å²) in [6, 6.07) is 9.75. The van der Waals surface area contributed by atoms with Crippen LogP contribution in [-0.2, 0) is 9.53 Å². The van der Waals surface area contributed by atoms with E-state index in [1.807, 2.05) is 35.2 Å². The quantitative estimate of drug-likeness (QED) is 0.910. The molecule has 1 spiro atoms. The summed E-state index contributed by atoms with van der Waals surface area (Å²) in [6.07, 6.45) is 1.82. The first-order valence-corrected chi connectivity index (χ1v) is 7.31. The number of benzene rings is 1. The molecule has 0 radical (unpaired) electrons. The highest BCUT2D eigenvalue weighted by molar-refractivity contribution is 5.82. The van der Waals surface area contributed by atoms with Crippen LogP contribution < -0.4 is 5.32 Å². The van der Waals surface area contributed by atoms with Gasteiger partial charge >= 0.3 is 0 Å². The zero-order chi connectivity index (χ0) is 14.0. The van der Waals surface area contributed by atoms with Crippen molar-refractivity contribution in [1.29, 1.82) is 0 Å². The Morgan fingerprint density at radius 1 is 1.35 bits per heavy atom. The van der Waals surface area contributed by atoms with Crippen molar-refractivity contribution in [3.8, 4) is 0 Å². The number of hydrogen-bond acceptors (Lipinski definition) is 3. The number of methoxy groups -OCH3 is 1. The molecule has 1 N–H and O–H groups in total. The second kappa shape index (κ2) is 5.54. The van der Waals surface area contributed by atoms with Crippen molar-refractivity contribution >= 4 is 5.91 Å². The molecule has 2 unspecified atom stereocenters. The van der Waals surface area contributed by atoms with Crippen molar-refractivity contribution < 1.29 is 9.53 Å². The monoisotopic (exact) mass is 274 g/mol. The third-order valence-electron chi connectivity index (χ3n) is 4.64. The van der Waals surface area contributed by atoms with Gasteiger partial charge in [0.25, 0.3) is 5.91 Å². The van der Waals surface area contributed by atoms with Crippen molar-refractivity contribution in [3.63, 3.8) is 0 Å². The summed E-state index contributed by atoms with van der Waals surface area (Å²) < 4.78 is 5.45. The van der Waals surface area contributed by atoms with Gasteiger partial charge in [0.05, 0.1) is 0 Å². The fourth-order valence-electron chi connectivity index (χ4n) is 3.44. The molecule has 0 bridgehead atoms. The van der Waals surface area contributed by atoms with Gasteiger partial charge < -0.3 is 15.0 Å². The SMILES string of the molecule is COC(C(=O)N1CCC2(CCNC2)C1)c1ccccc1. The molecule has 20 heavy (non-hydrogen) atoms. The van der Waals surface area contributed by atoms with Crippen LogP contribution in [0.3, 0.4) is 0 Å². The molecule has 4 heteroatoms. The minimum absolute atomic E-state index is 0.0995. The molecule has 0 aromatic heterocycles. The molecular weight excluding hydrogens is 252 g/mol. The van der Waals surface area contributed by atoms with Crippen LogP contribution in [0.4, 0.5) is 0 Å². The third kappa shape index (κ3) is 2.45. The van der Waals surface area contributed by atoms with E-state index >= 15 is 0 Å². The van der Waals surface area contributed by atoms with Crippen LogP contribution in [0.5, 0.6) is 0 Å². The van der Waals surface area contributed by atoms with Crippen molar-refractivity contribution in [2.75, 3.05) is 33.3 Å². The largest absolute Gasteiger partial charge is 0.367 e. The molecule has 2 aliphatic rings. The molecule has 1 aromatic carbocycles. The van der Waals surface area contributed by atoms with E-state index < -0.39 is 6.10 Å². The van der Waals surface area contributed by atoms with Crippen LogP contribution in [0.15, 0.2) is 30.3 Å². The van der Waals surface area contributed by atoms with Gasteiger partial charge in [-0.2, -0.15) is 0 Å². The number of hydrogen-bond donors (Lipinski definition) is 1. The second-order valence-corrected chi connectivity index (χ2v) is 5.96. The van der Waals surface area contributed by atoms with Crippen molar-refractivity contribution in [2.45, 2.75) is 18.9 Å². The highest BCUT2D eigenvalue weighted by atomic mass is 16.5. The topological polar surface area (TPSA) is 41.6 Å². The van der Waals surface area contributed by atoms with Gasteiger partial charge in [0.2, 0.25) is 0 Å². The molecule has 0 aliphatic carbocycles. The smallest absolute Gasteiger partial charge is 0.256 e. The Morgan fingerprint density at radius 2 is 2.15 bits per heavy atom. The third-order valence-corrected chi connectivity index (χ3v) is 4.64. The predicted molar refractivity (Wildman–Crippen MR) is 77.3 cm³/mol. The highest BCUT2D eigenvalue weighted by Gasteiger charge is 2.43. The molecule has 2 atom stereocenters. The van der Waals surface area contributed by atoms with E-state index in [1.165, 1.54) is 6.42 Å². The normalized spacial score (nSPS) is 27.1. The summed E-state index contributed by atoms with van der Waals surface area (Å²) in [6.45, 7) is 3.84. The van der Waals surface area contributed by atoms with Gasteiger partial charge in [-0.1, -0.05) is 30.3 Å². The lowest BCUT2D eigenvalue weighted by Gasteiger charge is -2.25. The van der Waals surface area contributed by atoms with E-state index in [0.29, 0.717) is 5.41 Å². The Bertz CT molecular complexity index is 469. The first kappa shape index (κ1) is 13.6. The summed E-state index contributed by atoms with van der Waals surface area (Å²) in [5.74, 6) is 0.0995. The molecule has 0 saturated carbocycles. The highest BCUT2D eigenvalue weighted by Crippen LogP contribution is 2.37. The molecule has 4 nitrogen and oxygen atoms in total. The van der Waals surface area contributed by atoms with E-state index in [2.05, 4.69) is 5.32 Å². The minimum atomic E-state index is -0.472. The van der Waals surface area contributed by atoms with Gasteiger partial charge in [-0.3, -0.25) is 4.79 Å². The molecule has 2 aliphatic heterocycles. The number of likely N-dealkylation sites (tertiary alicyclic amines) is 1. The Kier molecular flexibility index (Phi) is 3.76. The van der Waals surface area contributed by atoms with Gasteiger partial charge in [0, 0.05) is 32.2 Å². The number of ether oxygens (including phenoxy) is 1. The Balaban J connectivity index is 1.72. The molecule has 1 aromatic rings. The summed E-state index contributed by atoms with van der Waals surface area (Å²) in [5, 5.41) is 3.42. The number of carbonyl (C=O) groups is 1. The van der Waals surface area contributed by atoms with E-state index in [1.54, 1.807) is 7.11 Å². The average molecular weight is 274 g/mol. The fourth-order valence-corrected chi connectivity index (χ4v) is 3.44. The van der Waals surface area contributed by atoms with Crippen LogP contribution >= 0.6 is 0 Å². The Morgan fingerprint density at radius 3 is 2.80 bits per heavy atom. The van der Waals surface area contributed by atoms with Crippen LogP contribution in [0, 0.1) is 5.41 Å². The first-order chi connectivity index (χ1) is 9.74. The molecule has 2 saturated heterocycles. The maximum Gasteiger partial charge on any atom is 0.256 e. The minimum Gasteiger partial charge on any atom is -0.367 e. The maximum absolute atomic E-state index is 12.7. The van der Waals surface area contributed by atoms with Gasteiger partial charge in [0.15, 0.2) is 6.10 Å². The number of amides is 1. The molecular formula is C16H22N2O2. The van der Waals surface area contributed by atoms with E-state index in [-0.39, 0.29) is 5.91 Å². The van der Waals surface area contributed by atoms with Gasteiger partial charge in [-0.15, -0.1) is 0 Å². The first-order valence-electron chi connectivity index (χ1n) is 7.31. The lowest BCUT2D eigenvalue weighted by Crippen LogP contribution is -2.36. The Labute approximate surface area is 120 Å². The lowest BCUT2D eigenvalue weighted by molar-refractivity contribution is -0.141. The van der Waals surface area contributed by atoms with E-state index in [9.17, 15) is 4.79 Å². The second-order valence-electron chi connectivity index (χ2n) is 5.96. The van der Waals surface area contributed by atoms with Crippen molar-refractivity contribution in [2.24, 2.45) is 5.41 Å². The molecule has 2 heterocycles. The van der Waals surface area contributed by atoms with Crippen molar-refractivity contribution in [3.05, 3.63) is 35.9 Å². The fraction of sp³-hybridized carbons (Fsp3) is 0.562. The average Bonchev–Trinajstić information content (AvgIpc) is 3.12. The van der Waals surface area contributed by atoms with Crippen molar-refractivity contribution in [1.82, 2.24) is 10.2 Å². The molecule has 1 amide bonds. The summed E-state index contributed by atoms with van der Waals surface area (Å²) >= 11 is 0. The predicted octanol–water partition coefficient (Wildman–Crippen LogP) is 1.59. The number of carbonyl (C=O) groups excluding carboxylic acids is 1. The molecule has 3 rings (SSSR count). The van der Waals surface area contributed by atoms with Gasteiger partial charge in [-0.25, -0.2) is 0 Å². The van der Waals surface area contributed by atoms with Gasteiger partial charge in [0.1, 0.15) is 0 Å². The number of nitrogens with zero attached hydrogens (tertiary/aromatic N) is 1. The summed E-state index contributed by atoms with van der Waals surface area (Å²) in [7, 11) is 1.61.